The molecule has 0 fully saturated rings. The highest BCUT2D eigenvalue weighted by atomic mass is 16.5. The Bertz CT molecular complexity index is 920. The van der Waals surface area contributed by atoms with Gasteiger partial charge in [0, 0.05) is 18.2 Å². The molecule has 0 radical (unpaired) electrons. The maximum Gasteiger partial charge on any atom is 0.269 e. The van der Waals surface area contributed by atoms with Gasteiger partial charge in [0.2, 0.25) is 5.91 Å². The molecule has 7 nitrogen and oxygen atoms in total. The van der Waals surface area contributed by atoms with Gasteiger partial charge in [-0.3, -0.25) is 20.4 Å². The Balaban J connectivity index is 1.44. The molecule has 2 N–H and O–H groups in total. The molecule has 0 aliphatic carbocycles. The molecule has 0 saturated heterocycles. The Labute approximate surface area is 163 Å². The largest absolute Gasteiger partial charge is 0.494 e. The molecule has 0 bridgehead atoms. The van der Waals surface area contributed by atoms with Crippen molar-refractivity contribution in [2.24, 2.45) is 0 Å². The lowest BCUT2D eigenvalue weighted by Gasteiger charge is -2.08. The third kappa shape index (κ3) is 5.20. The van der Waals surface area contributed by atoms with Crippen LogP contribution in [0.2, 0.25) is 0 Å². The highest BCUT2D eigenvalue weighted by Gasteiger charge is 2.09. The molecule has 2 aromatic carbocycles. The lowest BCUT2D eigenvalue weighted by molar-refractivity contribution is -0.121. The highest BCUT2D eigenvalue weighted by molar-refractivity contribution is 5.95. The quantitative estimate of drug-likeness (QED) is 0.619. The zero-order chi connectivity index (χ0) is 19.8. The van der Waals surface area contributed by atoms with Crippen molar-refractivity contribution in [2.45, 2.75) is 19.8 Å². The number of rotatable bonds is 7. The van der Waals surface area contributed by atoms with Crippen molar-refractivity contribution in [3.05, 3.63) is 78.1 Å². The van der Waals surface area contributed by atoms with E-state index < -0.39 is 0 Å². The van der Waals surface area contributed by atoms with E-state index >= 15 is 0 Å². The minimum Gasteiger partial charge on any atom is -0.494 e. The number of hydrogen-bond donors (Lipinski definition) is 2. The zero-order valence-corrected chi connectivity index (χ0v) is 15.6. The highest BCUT2D eigenvalue weighted by Crippen LogP contribution is 2.12. The first-order valence-corrected chi connectivity index (χ1v) is 9.06. The molecule has 0 aliphatic rings. The molecule has 7 heteroatoms. The van der Waals surface area contributed by atoms with Crippen LogP contribution in [-0.2, 0) is 11.2 Å². The van der Waals surface area contributed by atoms with E-state index in [1.54, 1.807) is 35.1 Å². The Hall–Kier alpha value is -3.61. The van der Waals surface area contributed by atoms with E-state index in [2.05, 4.69) is 16.0 Å². The number of nitrogens with one attached hydrogen (secondary N) is 2. The normalized spacial score (nSPS) is 10.3. The lowest BCUT2D eigenvalue weighted by Crippen LogP contribution is -2.41. The van der Waals surface area contributed by atoms with Crippen molar-refractivity contribution < 1.29 is 14.3 Å². The molecule has 3 rings (SSSR count). The van der Waals surface area contributed by atoms with Gasteiger partial charge in [-0.2, -0.15) is 5.10 Å². The van der Waals surface area contributed by atoms with Crippen LogP contribution < -0.4 is 15.6 Å². The van der Waals surface area contributed by atoms with Gasteiger partial charge in [-0.05, 0) is 55.3 Å². The van der Waals surface area contributed by atoms with Crippen LogP contribution in [0.4, 0.5) is 0 Å². The summed E-state index contributed by atoms with van der Waals surface area (Å²) < 4.78 is 7.10. The van der Waals surface area contributed by atoms with Crippen LogP contribution in [0.15, 0.2) is 67.0 Å². The van der Waals surface area contributed by atoms with Crippen LogP contribution in [0.5, 0.6) is 5.75 Å². The maximum absolute atomic E-state index is 12.1. The maximum atomic E-state index is 12.1. The molecule has 3 aromatic rings. The smallest absolute Gasteiger partial charge is 0.269 e. The summed E-state index contributed by atoms with van der Waals surface area (Å²) in [4.78, 5) is 24.1. The summed E-state index contributed by atoms with van der Waals surface area (Å²) in [5.41, 5.74) is 7.19. The van der Waals surface area contributed by atoms with Gasteiger partial charge in [0.1, 0.15) is 5.75 Å². The van der Waals surface area contributed by atoms with Crippen LogP contribution in [0, 0.1) is 0 Å². The van der Waals surface area contributed by atoms with E-state index in [0.717, 1.165) is 11.3 Å². The van der Waals surface area contributed by atoms with E-state index in [1.807, 2.05) is 43.5 Å². The molecule has 0 saturated carbocycles. The third-order valence-corrected chi connectivity index (χ3v) is 4.04. The molecule has 0 atom stereocenters. The number of carbonyl (C=O) groups excluding carboxylic acids is 2. The molecule has 28 heavy (non-hydrogen) atoms. The average Bonchev–Trinajstić information content (AvgIpc) is 3.21. The second-order valence-electron chi connectivity index (χ2n) is 6.09. The average molecular weight is 378 g/mol. The number of aryl methyl sites for hydroxylation is 1. The summed E-state index contributed by atoms with van der Waals surface area (Å²) in [6.07, 6.45) is 4.39. The minimum absolute atomic E-state index is 0.240. The molecule has 0 spiro atoms. The van der Waals surface area contributed by atoms with Gasteiger partial charge in [0.05, 0.1) is 18.5 Å². The first-order chi connectivity index (χ1) is 13.7. The van der Waals surface area contributed by atoms with Crippen molar-refractivity contribution in [3.63, 3.8) is 0 Å². The SMILES string of the molecule is CCOc1ccc(C(=O)NNC(=O)CCc2cnn(-c3ccccc3)c2)cc1. The molecule has 1 heterocycles. The number of para-hydroxylation sites is 1. The minimum atomic E-state index is -0.381. The fourth-order valence-electron chi connectivity index (χ4n) is 2.60. The van der Waals surface area contributed by atoms with Crippen molar-refractivity contribution in [2.75, 3.05) is 6.61 Å². The summed E-state index contributed by atoms with van der Waals surface area (Å²) in [5, 5.41) is 4.30. The zero-order valence-electron chi connectivity index (χ0n) is 15.6. The van der Waals surface area contributed by atoms with Crippen molar-refractivity contribution in [1.82, 2.24) is 20.6 Å². The van der Waals surface area contributed by atoms with E-state index in [1.165, 1.54) is 0 Å². The van der Waals surface area contributed by atoms with Crippen LogP contribution in [0.1, 0.15) is 29.3 Å². The molecule has 2 amide bonds. The Morgan fingerprint density at radius 3 is 2.50 bits per heavy atom. The van der Waals surface area contributed by atoms with Crippen LogP contribution in [-0.4, -0.2) is 28.2 Å². The number of nitrogens with zero attached hydrogens (tertiary/aromatic N) is 2. The van der Waals surface area contributed by atoms with E-state index in [0.29, 0.717) is 24.3 Å². The number of ether oxygens (including phenoxy) is 1. The topological polar surface area (TPSA) is 85.2 Å². The van der Waals surface area contributed by atoms with Crippen molar-refractivity contribution in [1.29, 1.82) is 0 Å². The summed E-state index contributed by atoms with van der Waals surface area (Å²) in [6.45, 7) is 2.45. The monoisotopic (exact) mass is 378 g/mol. The fraction of sp³-hybridized carbons (Fsp3) is 0.190. The predicted octanol–water partition coefficient (Wildman–Crippen LogP) is 2.66. The standard InChI is InChI=1S/C21H22N4O3/c1-2-28-19-11-9-17(10-12-19)21(27)24-23-20(26)13-8-16-14-22-25(15-16)18-6-4-3-5-7-18/h3-7,9-12,14-15H,2,8,13H2,1H3,(H,23,26)(H,24,27). The number of benzene rings is 2. The van der Waals surface area contributed by atoms with Gasteiger partial charge in [0.25, 0.3) is 5.91 Å². The van der Waals surface area contributed by atoms with Crippen molar-refractivity contribution >= 4 is 11.8 Å². The van der Waals surface area contributed by atoms with Gasteiger partial charge < -0.3 is 4.74 Å². The van der Waals surface area contributed by atoms with Gasteiger partial charge in [-0.25, -0.2) is 4.68 Å². The Morgan fingerprint density at radius 1 is 1.04 bits per heavy atom. The van der Waals surface area contributed by atoms with E-state index in [9.17, 15) is 9.59 Å². The summed E-state index contributed by atoms with van der Waals surface area (Å²) in [6, 6.07) is 16.5. The van der Waals surface area contributed by atoms with Gasteiger partial charge in [-0.1, -0.05) is 18.2 Å². The number of aromatic nitrogens is 2. The third-order valence-electron chi connectivity index (χ3n) is 4.04. The fourth-order valence-corrected chi connectivity index (χ4v) is 2.60. The second-order valence-corrected chi connectivity index (χ2v) is 6.09. The molecule has 144 valence electrons. The number of carbonyl (C=O) groups is 2. The summed E-state index contributed by atoms with van der Waals surface area (Å²) >= 11 is 0. The Kier molecular flexibility index (Phi) is 6.41. The molecule has 0 aliphatic heterocycles. The molecule has 1 aromatic heterocycles. The first-order valence-electron chi connectivity index (χ1n) is 9.06. The van der Waals surface area contributed by atoms with Crippen molar-refractivity contribution in [3.8, 4) is 11.4 Å². The van der Waals surface area contributed by atoms with Crippen LogP contribution in [0.3, 0.4) is 0 Å². The number of hydrogen-bond acceptors (Lipinski definition) is 4. The lowest BCUT2D eigenvalue weighted by atomic mass is 10.2. The first kappa shape index (κ1) is 19.2. The molecule has 0 unspecified atom stereocenters. The molecular weight excluding hydrogens is 356 g/mol. The van der Waals surface area contributed by atoms with Gasteiger partial charge in [-0.15, -0.1) is 0 Å². The van der Waals surface area contributed by atoms with Crippen LogP contribution in [0.25, 0.3) is 5.69 Å². The van der Waals surface area contributed by atoms with E-state index in [-0.39, 0.29) is 18.2 Å². The Morgan fingerprint density at radius 2 is 1.79 bits per heavy atom. The molecular formula is C21H22N4O3. The summed E-state index contributed by atoms with van der Waals surface area (Å²) in [7, 11) is 0. The second kappa shape index (κ2) is 9.36. The van der Waals surface area contributed by atoms with Gasteiger partial charge >= 0.3 is 0 Å². The number of hydrazine groups is 1. The number of amides is 2. The summed E-state index contributed by atoms with van der Waals surface area (Å²) in [5.74, 6) is 0.0409. The van der Waals surface area contributed by atoms with Gasteiger partial charge in [0.15, 0.2) is 0 Å². The predicted molar refractivity (Wildman–Crippen MR) is 105 cm³/mol. The van der Waals surface area contributed by atoms with Crippen LogP contribution >= 0.6 is 0 Å². The van der Waals surface area contributed by atoms with E-state index in [4.69, 9.17) is 4.74 Å².